The average Bonchev–Trinajstić information content (AvgIpc) is 3.35. The van der Waals surface area contributed by atoms with E-state index >= 15 is 0 Å². The van der Waals surface area contributed by atoms with Gasteiger partial charge in [-0.05, 0) is 55.4 Å². The maximum atomic E-state index is 13.0. The molecule has 1 amide bonds. The van der Waals surface area contributed by atoms with E-state index in [1.807, 2.05) is 0 Å². The number of likely N-dealkylation sites (tertiary alicyclic amines) is 1. The topological polar surface area (TPSA) is 57.6 Å². The fourth-order valence-electron chi connectivity index (χ4n) is 3.68. The van der Waals surface area contributed by atoms with Crippen LogP contribution in [0, 0.1) is 5.92 Å². The van der Waals surface area contributed by atoms with Crippen LogP contribution in [-0.4, -0.2) is 35.0 Å². The molecule has 2 fully saturated rings. The first-order chi connectivity index (χ1) is 12.1. The summed E-state index contributed by atoms with van der Waals surface area (Å²) in [6, 6.07) is 3.11. The first-order valence-electron chi connectivity index (χ1n) is 8.52. The molecule has 1 aliphatic carbocycles. The van der Waals surface area contributed by atoms with Crippen LogP contribution in [0.15, 0.2) is 18.2 Å². The number of carbonyl (C=O) groups is 2. The summed E-state index contributed by atoms with van der Waals surface area (Å²) in [5.74, 6) is -1.03. The molecule has 0 unspecified atom stereocenters. The standard InChI is InChI=1S/C18H19ClF3NO3/c19-14-2-1-12(18(20,21)22)10-13(14)17(5-6-17)16(26)23-7-3-11(4-8-23)9-15(24)25/h1-2,10-11H,3-9H2,(H,24,25). The molecule has 142 valence electrons. The van der Waals surface area contributed by atoms with Crippen molar-refractivity contribution in [2.24, 2.45) is 5.92 Å². The Morgan fingerprint density at radius 2 is 1.85 bits per heavy atom. The molecular weight excluding hydrogens is 371 g/mol. The van der Waals surface area contributed by atoms with Crippen molar-refractivity contribution in [2.75, 3.05) is 13.1 Å². The van der Waals surface area contributed by atoms with Gasteiger partial charge in [-0.2, -0.15) is 13.2 Å². The lowest BCUT2D eigenvalue weighted by Crippen LogP contribution is -2.44. The molecule has 26 heavy (non-hydrogen) atoms. The molecule has 1 saturated heterocycles. The molecular formula is C18H19ClF3NO3. The van der Waals surface area contributed by atoms with Crippen LogP contribution in [0.1, 0.15) is 43.2 Å². The third kappa shape index (κ3) is 3.68. The van der Waals surface area contributed by atoms with E-state index < -0.39 is 23.1 Å². The van der Waals surface area contributed by atoms with Gasteiger partial charge in [-0.3, -0.25) is 9.59 Å². The molecule has 1 aliphatic heterocycles. The highest BCUT2D eigenvalue weighted by molar-refractivity contribution is 6.32. The van der Waals surface area contributed by atoms with Crippen molar-refractivity contribution < 1.29 is 27.9 Å². The summed E-state index contributed by atoms with van der Waals surface area (Å²) < 4.78 is 39.1. The van der Waals surface area contributed by atoms with Crippen molar-refractivity contribution in [1.29, 1.82) is 0 Å². The molecule has 0 radical (unpaired) electrons. The van der Waals surface area contributed by atoms with Gasteiger partial charge in [0.05, 0.1) is 11.0 Å². The Labute approximate surface area is 153 Å². The maximum Gasteiger partial charge on any atom is 0.416 e. The van der Waals surface area contributed by atoms with Gasteiger partial charge < -0.3 is 10.0 Å². The number of carboxylic acid groups (broad SMARTS) is 1. The molecule has 0 atom stereocenters. The predicted molar refractivity (Wildman–Crippen MR) is 88.9 cm³/mol. The Morgan fingerprint density at radius 1 is 1.23 bits per heavy atom. The van der Waals surface area contributed by atoms with Crippen molar-refractivity contribution in [3.05, 3.63) is 34.3 Å². The van der Waals surface area contributed by atoms with E-state index in [0.29, 0.717) is 38.8 Å². The number of halogens is 4. The predicted octanol–water partition coefficient (Wildman–Crippen LogP) is 4.10. The third-order valence-electron chi connectivity index (χ3n) is 5.33. The van der Waals surface area contributed by atoms with Crippen molar-refractivity contribution in [3.8, 4) is 0 Å². The lowest BCUT2D eigenvalue weighted by molar-refractivity contribution is -0.140. The smallest absolute Gasteiger partial charge is 0.416 e. The van der Waals surface area contributed by atoms with Crippen LogP contribution >= 0.6 is 11.6 Å². The summed E-state index contributed by atoms with van der Waals surface area (Å²) in [6.45, 7) is 0.851. The van der Waals surface area contributed by atoms with Gasteiger partial charge in [-0.1, -0.05) is 11.6 Å². The van der Waals surface area contributed by atoms with Crippen LogP contribution in [0.5, 0.6) is 0 Å². The van der Waals surface area contributed by atoms with Gasteiger partial charge in [0.15, 0.2) is 0 Å². The van der Waals surface area contributed by atoms with Crippen LogP contribution in [-0.2, 0) is 21.2 Å². The van der Waals surface area contributed by atoms with Gasteiger partial charge in [0.1, 0.15) is 0 Å². The molecule has 8 heteroatoms. The van der Waals surface area contributed by atoms with Crippen LogP contribution in [0.25, 0.3) is 0 Å². The Balaban J connectivity index is 1.77. The second-order valence-electron chi connectivity index (χ2n) is 7.11. The van der Waals surface area contributed by atoms with Gasteiger partial charge in [-0.15, -0.1) is 0 Å². The fourth-order valence-corrected chi connectivity index (χ4v) is 3.98. The molecule has 0 spiro atoms. The number of nitrogens with zero attached hydrogens (tertiary/aromatic N) is 1. The zero-order chi connectivity index (χ0) is 19.1. The SMILES string of the molecule is O=C(O)CC1CCN(C(=O)C2(c3cc(C(F)(F)F)ccc3Cl)CC2)CC1. The van der Waals surface area contributed by atoms with E-state index in [2.05, 4.69) is 0 Å². The number of benzene rings is 1. The molecule has 0 aromatic heterocycles. The number of carbonyl (C=O) groups excluding carboxylic acids is 1. The highest BCUT2D eigenvalue weighted by atomic mass is 35.5. The van der Waals surface area contributed by atoms with Crippen molar-refractivity contribution >= 4 is 23.5 Å². The van der Waals surface area contributed by atoms with Crippen LogP contribution < -0.4 is 0 Å². The van der Waals surface area contributed by atoms with E-state index in [4.69, 9.17) is 16.7 Å². The number of piperidine rings is 1. The second kappa shape index (κ2) is 6.76. The molecule has 1 heterocycles. The molecule has 0 bridgehead atoms. The van der Waals surface area contributed by atoms with E-state index in [1.165, 1.54) is 6.07 Å². The number of carboxylic acids is 1. The molecule has 3 rings (SSSR count). The zero-order valence-corrected chi connectivity index (χ0v) is 14.7. The number of hydrogen-bond acceptors (Lipinski definition) is 2. The largest absolute Gasteiger partial charge is 0.481 e. The number of amides is 1. The lowest BCUT2D eigenvalue weighted by atomic mass is 9.89. The number of alkyl halides is 3. The maximum absolute atomic E-state index is 13.0. The van der Waals surface area contributed by atoms with E-state index in [0.717, 1.165) is 12.1 Å². The highest BCUT2D eigenvalue weighted by Crippen LogP contribution is 2.53. The summed E-state index contributed by atoms with van der Waals surface area (Å²) in [6.07, 6.45) is -2.29. The second-order valence-corrected chi connectivity index (χ2v) is 7.52. The molecule has 4 nitrogen and oxygen atoms in total. The van der Waals surface area contributed by atoms with Crippen molar-refractivity contribution in [3.63, 3.8) is 0 Å². The van der Waals surface area contributed by atoms with Gasteiger partial charge in [-0.25, -0.2) is 0 Å². The van der Waals surface area contributed by atoms with E-state index in [9.17, 15) is 22.8 Å². The minimum atomic E-state index is -4.49. The van der Waals surface area contributed by atoms with Gasteiger partial charge in [0, 0.05) is 24.5 Å². The number of rotatable bonds is 4. The van der Waals surface area contributed by atoms with E-state index in [-0.39, 0.29) is 28.8 Å². The Kier molecular flexibility index (Phi) is 4.94. The summed E-state index contributed by atoms with van der Waals surface area (Å²) in [7, 11) is 0. The van der Waals surface area contributed by atoms with Gasteiger partial charge in [0.25, 0.3) is 0 Å². The van der Waals surface area contributed by atoms with Crippen molar-refractivity contribution in [1.82, 2.24) is 4.90 Å². The van der Waals surface area contributed by atoms with Crippen LogP contribution in [0.3, 0.4) is 0 Å². The molecule has 1 aromatic rings. The Bertz CT molecular complexity index is 723. The third-order valence-corrected chi connectivity index (χ3v) is 5.66. The quantitative estimate of drug-likeness (QED) is 0.843. The lowest BCUT2D eigenvalue weighted by Gasteiger charge is -2.34. The monoisotopic (exact) mass is 389 g/mol. The summed E-state index contributed by atoms with van der Waals surface area (Å²) in [5, 5.41) is 9.03. The molecule has 1 saturated carbocycles. The summed E-state index contributed by atoms with van der Waals surface area (Å²) >= 11 is 6.13. The van der Waals surface area contributed by atoms with Gasteiger partial charge in [0.2, 0.25) is 5.91 Å². The minimum absolute atomic E-state index is 0.0313. The number of hydrogen-bond donors (Lipinski definition) is 1. The molecule has 2 aliphatic rings. The van der Waals surface area contributed by atoms with Crippen molar-refractivity contribution in [2.45, 2.75) is 43.7 Å². The first kappa shape index (κ1) is 19.0. The summed E-state index contributed by atoms with van der Waals surface area (Å²) in [4.78, 5) is 25.4. The average molecular weight is 390 g/mol. The first-order valence-corrected chi connectivity index (χ1v) is 8.90. The highest BCUT2D eigenvalue weighted by Gasteiger charge is 2.54. The van der Waals surface area contributed by atoms with Crippen LogP contribution in [0.2, 0.25) is 5.02 Å². The zero-order valence-electron chi connectivity index (χ0n) is 14.0. The molecule has 1 aromatic carbocycles. The van der Waals surface area contributed by atoms with E-state index in [1.54, 1.807) is 4.90 Å². The normalized spacial score (nSPS) is 20.1. The Hall–Kier alpha value is -1.76. The Morgan fingerprint density at radius 3 is 2.35 bits per heavy atom. The van der Waals surface area contributed by atoms with Crippen LogP contribution in [0.4, 0.5) is 13.2 Å². The summed E-state index contributed by atoms with van der Waals surface area (Å²) in [5.41, 5.74) is -1.54. The van der Waals surface area contributed by atoms with Gasteiger partial charge >= 0.3 is 12.1 Å². The minimum Gasteiger partial charge on any atom is -0.481 e. The fraction of sp³-hybridized carbons (Fsp3) is 0.556. The molecule has 1 N–H and O–H groups in total. The number of aliphatic carboxylic acids is 1.